The normalized spacial score (nSPS) is 29.6. The molecule has 4 fully saturated rings. The fourth-order valence-electron chi connectivity index (χ4n) is 7.21. The second-order valence-corrected chi connectivity index (χ2v) is 11.1. The number of nitrogens with zero attached hydrogens (tertiary/aromatic N) is 6. The van der Waals surface area contributed by atoms with Gasteiger partial charge in [0.15, 0.2) is 0 Å². The smallest absolute Gasteiger partial charge is 0.397 e. The number of benzene rings is 1. The van der Waals surface area contributed by atoms with Gasteiger partial charge in [0.05, 0.1) is 16.5 Å². The van der Waals surface area contributed by atoms with E-state index in [-0.39, 0.29) is 31.3 Å². The Balaban J connectivity index is 1.22. The number of likely N-dealkylation sites (tertiary alicyclic amines) is 1. The fourth-order valence-corrected chi connectivity index (χ4v) is 7.21. The van der Waals surface area contributed by atoms with Gasteiger partial charge in [-0.25, -0.2) is 0 Å². The summed E-state index contributed by atoms with van der Waals surface area (Å²) in [4.78, 5) is 8.32. The number of rotatable bonds is 3. The van der Waals surface area contributed by atoms with Gasteiger partial charge >= 0.3 is 6.18 Å². The number of pyridine rings is 1. The van der Waals surface area contributed by atoms with Crippen molar-refractivity contribution in [2.24, 2.45) is 10.8 Å². The van der Waals surface area contributed by atoms with Crippen LogP contribution in [0.1, 0.15) is 42.5 Å². The van der Waals surface area contributed by atoms with Crippen molar-refractivity contribution in [3.8, 4) is 6.07 Å². The van der Waals surface area contributed by atoms with Gasteiger partial charge in [0.2, 0.25) is 11.8 Å². The summed E-state index contributed by atoms with van der Waals surface area (Å²) in [7, 11) is 2.09. The van der Waals surface area contributed by atoms with Gasteiger partial charge < -0.3 is 14.2 Å². The molecule has 35 heavy (non-hydrogen) atoms. The molecular weight excluding hydrogens is 457 g/mol. The molecule has 0 radical (unpaired) electrons. The Morgan fingerprint density at radius 3 is 2.63 bits per heavy atom. The highest BCUT2D eigenvalue weighted by atomic mass is 19.4. The second-order valence-electron chi connectivity index (χ2n) is 11.1. The molecule has 2 aliphatic carbocycles. The van der Waals surface area contributed by atoms with Crippen LogP contribution in [0.5, 0.6) is 0 Å². The lowest BCUT2D eigenvalue weighted by molar-refractivity contribution is -0.187. The summed E-state index contributed by atoms with van der Waals surface area (Å²) in [5.74, 6) is 0.713. The van der Waals surface area contributed by atoms with Crippen LogP contribution in [0.3, 0.4) is 0 Å². The summed E-state index contributed by atoms with van der Waals surface area (Å²) in [6.45, 7) is 2.04. The quantitative estimate of drug-likeness (QED) is 0.560. The number of halogens is 3. The third kappa shape index (κ3) is 2.67. The number of fused-ring (bicyclic) bond motifs is 2. The van der Waals surface area contributed by atoms with Crippen molar-refractivity contribution in [3.05, 3.63) is 47.8 Å². The number of hydrogen-bond donors (Lipinski definition) is 0. The van der Waals surface area contributed by atoms with Crippen LogP contribution in [0.2, 0.25) is 0 Å². The Morgan fingerprint density at radius 2 is 1.91 bits per heavy atom. The number of aromatic nitrogens is 3. The molecule has 0 bridgehead atoms. The number of alkyl halides is 3. The monoisotopic (exact) mass is 480 g/mol. The van der Waals surface area contributed by atoms with Crippen molar-refractivity contribution in [1.29, 1.82) is 5.26 Å². The van der Waals surface area contributed by atoms with Crippen LogP contribution in [-0.4, -0.2) is 59.5 Å². The molecule has 7 rings (SSSR count). The fraction of sp³-hybridized carbons (Fsp3) is 0.520. The maximum Gasteiger partial charge on any atom is 0.397 e. The molecule has 2 saturated carbocycles. The Morgan fingerprint density at radius 1 is 1.11 bits per heavy atom. The van der Waals surface area contributed by atoms with E-state index in [1.165, 1.54) is 0 Å². The molecule has 1 aromatic carbocycles. The van der Waals surface area contributed by atoms with Crippen LogP contribution in [0.15, 0.2) is 34.9 Å². The van der Waals surface area contributed by atoms with Crippen molar-refractivity contribution in [2.45, 2.75) is 36.8 Å². The highest BCUT2D eigenvalue weighted by Gasteiger charge is 2.86. The minimum absolute atomic E-state index is 0.0481. The lowest BCUT2D eigenvalue weighted by Gasteiger charge is -2.57. The van der Waals surface area contributed by atoms with Gasteiger partial charge in [-0.2, -0.15) is 18.4 Å². The molecule has 2 atom stereocenters. The zero-order chi connectivity index (χ0) is 24.2. The molecule has 3 aromatic rings. The summed E-state index contributed by atoms with van der Waals surface area (Å²) in [6, 6.07) is 8.98. The lowest BCUT2D eigenvalue weighted by Crippen LogP contribution is -2.60. The molecule has 2 saturated heterocycles. The Bertz CT molecular complexity index is 1400. The predicted molar refractivity (Wildman–Crippen MR) is 120 cm³/mol. The van der Waals surface area contributed by atoms with Crippen molar-refractivity contribution in [3.63, 3.8) is 0 Å². The van der Waals surface area contributed by atoms with Crippen LogP contribution < -0.4 is 4.90 Å². The number of hydrogen-bond acceptors (Lipinski definition) is 7. The average Bonchev–Trinajstić information content (AvgIpc) is 3.10. The van der Waals surface area contributed by atoms with Gasteiger partial charge in [-0.15, -0.1) is 10.2 Å². The van der Waals surface area contributed by atoms with Crippen LogP contribution in [-0.2, 0) is 5.41 Å². The van der Waals surface area contributed by atoms with E-state index in [4.69, 9.17) is 4.42 Å². The number of piperidine rings is 1. The van der Waals surface area contributed by atoms with Crippen molar-refractivity contribution in [1.82, 2.24) is 20.1 Å². The van der Waals surface area contributed by atoms with E-state index in [0.29, 0.717) is 33.5 Å². The van der Waals surface area contributed by atoms with E-state index in [2.05, 4.69) is 33.2 Å². The molecule has 2 aromatic heterocycles. The standard InChI is InChI=1S/C25H23F3N6O/c1-33-11-22(12-33)7-16(8-22)20-31-32-21(35-20)23-10-24(23,25(26,27)28)14-34(13-23)18-5-4-15(9-29)19-17(18)3-2-6-30-19/h2-6,16H,7-8,10-14H2,1H3/t23-,24-/m0/s1. The minimum atomic E-state index is -4.41. The molecule has 4 aliphatic rings. The van der Waals surface area contributed by atoms with E-state index in [0.717, 1.165) is 25.9 Å². The third-order valence-electron chi connectivity index (χ3n) is 8.84. The lowest BCUT2D eigenvalue weighted by atomic mass is 9.58. The van der Waals surface area contributed by atoms with Gasteiger partial charge in [0, 0.05) is 49.4 Å². The second kappa shape index (κ2) is 6.52. The molecule has 0 N–H and O–H groups in total. The molecule has 1 spiro atoms. The molecule has 10 heteroatoms. The van der Waals surface area contributed by atoms with Gasteiger partial charge in [-0.05, 0) is 56.0 Å². The van der Waals surface area contributed by atoms with E-state index in [1.807, 2.05) is 0 Å². The zero-order valence-electron chi connectivity index (χ0n) is 19.1. The largest absolute Gasteiger partial charge is 0.424 e. The maximum atomic E-state index is 14.5. The summed E-state index contributed by atoms with van der Waals surface area (Å²) in [5, 5.41) is 18.5. The summed E-state index contributed by atoms with van der Waals surface area (Å²) in [5.41, 5.74) is -1.34. The van der Waals surface area contributed by atoms with Gasteiger partial charge in [-0.1, -0.05) is 0 Å². The van der Waals surface area contributed by atoms with Crippen molar-refractivity contribution >= 4 is 16.6 Å². The first kappa shape index (κ1) is 21.1. The van der Waals surface area contributed by atoms with Gasteiger partial charge in [0.25, 0.3) is 0 Å². The molecule has 2 aliphatic heterocycles. The first-order valence-electron chi connectivity index (χ1n) is 11.8. The highest BCUT2D eigenvalue weighted by molar-refractivity contribution is 5.95. The number of nitriles is 1. The Hall–Kier alpha value is -3.19. The molecular formula is C25H23F3N6O. The summed E-state index contributed by atoms with van der Waals surface area (Å²) < 4.78 is 49.5. The van der Waals surface area contributed by atoms with Crippen LogP contribution in [0.25, 0.3) is 10.9 Å². The zero-order valence-corrected chi connectivity index (χ0v) is 19.1. The Kier molecular flexibility index (Phi) is 3.93. The third-order valence-corrected chi connectivity index (χ3v) is 8.84. The number of anilines is 1. The van der Waals surface area contributed by atoms with E-state index in [1.54, 1.807) is 35.4 Å². The molecule has 0 unspecified atom stereocenters. The van der Waals surface area contributed by atoms with E-state index < -0.39 is 17.0 Å². The summed E-state index contributed by atoms with van der Waals surface area (Å²) in [6.07, 6.45) is -0.972. The first-order valence-corrected chi connectivity index (χ1v) is 11.8. The molecule has 0 amide bonds. The summed E-state index contributed by atoms with van der Waals surface area (Å²) >= 11 is 0. The van der Waals surface area contributed by atoms with Crippen LogP contribution >= 0.6 is 0 Å². The van der Waals surface area contributed by atoms with Crippen molar-refractivity contribution < 1.29 is 17.6 Å². The minimum Gasteiger partial charge on any atom is -0.424 e. The average molecular weight is 480 g/mol. The van der Waals surface area contributed by atoms with Crippen LogP contribution in [0, 0.1) is 22.2 Å². The highest BCUT2D eigenvalue weighted by Crippen LogP contribution is 2.75. The predicted octanol–water partition coefficient (Wildman–Crippen LogP) is 4.01. The van der Waals surface area contributed by atoms with Crippen LogP contribution in [0.4, 0.5) is 18.9 Å². The van der Waals surface area contributed by atoms with Gasteiger partial charge in [-0.3, -0.25) is 4.98 Å². The van der Waals surface area contributed by atoms with Crippen molar-refractivity contribution in [2.75, 3.05) is 38.1 Å². The topological polar surface area (TPSA) is 82.1 Å². The van der Waals surface area contributed by atoms with E-state index in [9.17, 15) is 18.4 Å². The first-order chi connectivity index (χ1) is 16.7. The SMILES string of the molecule is CN1CC2(CC(c3nnc([C@]45CN(c6ccc(C#N)c7ncccc67)C[C@@]4(C(F)(F)F)C5)o3)C2)C1. The molecule has 7 nitrogen and oxygen atoms in total. The molecule has 4 heterocycles. The maximum absolute atomic E-state index is 14.5. The van der Waals surface area contributed by atoms with Gasteiger partial charge in [0.1, 0.15) is 11.5 Å². The van der Waals surface area contributed by atoms with E-state index >= 15 is 0 Å². The Labute approximate surface area is 199 Å². The molecule has 180 valence electrons.